The minimum absolute atomic E-state index is 0.274. The summed E-state index contributed by atoms with van der Waals surface area (Å²) in [7, 11) is 0. The molecule has 5 nitrogen and oxygen atoms in total. The van der Waals surface area contributed by atoms with E-state index in [9.17, 15) is 0 Å². The molecule has 20 heavy (non-hydrogen) atoms. The number of aromatic nitrogens is 3. The van der Waals surface area contributed by atoms with Gasteiger partial charge in [0.25, 0.3) is 0 Å². The van der Waals surface area contributed by atoms with Crippen LogP contribution in [0.2, 0.25) is 0 Å². The summed E-state index contributed by atoms with van der Waals surface area (Å²) < 4.78 is 7.03. The molecule has 2 heterocycles. The lowest BCUT2D eigenvalue weighted by Gasteiger charge is -2.04. The Morgan fingerprint density at radius 3 is 2.95 bits per heavy atom. The van der Waals surface area contributed by atoms with Crippen LogP contribution in [0.4, 0.5) is 0 Å². The Morgan fingerprint density at radius 2 is 2.30 bits per heavy atom. The lowest BCUT2D eigenvalue weighted by Crippen LogP contribution is -2.04. The van der Waals surface area contributed by atoms with Gasteiger partial charge in [0.2, 0.25) is 0 Å². The first-order valence-corrected chi connectivity index (χ1v) is 6.62. The maximum absolute atomic E-state index is 9.14. The number of nitrogens with zero attached hydrogens (tertiary/aromatic N) is 4. The number of rotatable bonds is 3. The van der Waals surface area contributed by atoms with Gasteiger partial charge in [-0.3, -0.25) is 0 Å². The highest BCUT2D eigenvalue weighted by molar-refractivity contribution is 6.16. The minimum Gasteiger partial charge on any atom is -0.361 e. The van der Waals surface area contributed by atoms with Crippen LogP contribution >= 0.6 is 11.6 Å². The highest BCUT2D eigenvalue weighted by Crippen LogP contribution is 2.22. The van der Waals surface area contributed by atoms with Gasteiger partial charge in [-0.25, -0.2) is 4.98 Å². The van der Waals surface area contributed by atoms with Crippen LogP contribution in [0.15, 0.2) is 28.8 Å². The molecule has 0 saturated carbocycles. The van der Waals surface area contributed by atoms with Crippen LogP contribution in [0.1, 0.15) is 22.8 Å². The molecule has 6 heteroatoms. The Hall–Kier alpha value is -2.32. The fourth-order valence-electron chi connectivity index (χ4n) is 2.22. The monoisotopic (exact) mass is 286 g/mol. The van der Waals surface area contributed by atoms with E-state index in [2.05, 4.69) is 16.2 Å². The third-order valence-electron chi connectivity index (χ3n) is 3.09. The number of imidazole rings is 1. The van der Waals surface area contributed by atoms with Gasteiger partial charge >= 0.3 is 0 Å². The van der Waals surface area contributed by atoms with Gasteiger partial charge in [0, 0.05) is 6.07 Å². The molecule has 3 rings (SSSR count). The van der Waals surface area contributed by atoms with E-state index in [0.29, 0.717) is 23.4 Å². The smallest absolute Gasteiger partial charge is 0.133 e. The molecule has 100 valence electrons. The van der Waals surface area contributed by atoms with Crippen molar-refractivity contribution in [2.75, 3.05) is 0 Å². The van der Waals surface area contributed by atoms with Crippen LogP contribution in [0.5, 0.6) is 0 Å². The standard InChI is InChI=1S/C14H11ClN4O/c1-9-5-11(18-20-9)8-19-12-4-2-3-10(7-16)14(12)17-13(19)6-15/h2-5H,6,8H2,1H3. The van der Waals surface area contributed by atoms with Gasteiger partial charge in [0.05, 0.1) is 23.5 Å². The predicted molar refractivity (Wildman–Crippen MR) is 74.3 cm³/mol. The van der Waals surface area contributed by atoms with Gasteiger partial charge in [-0.2, -0.15) is 5.26 Å². The van der Waals surface area contributed by atoms with Gasteiger partial charge in [0.1, 0.15) is 28.9 Å². The summed E-state index contributed by atoms with van der Waals surface area (Å²) >= 11 is 5.96. The molecule has 0 radical (unpaired) electrons. The molecule has 0 aliphatic heterocycles. The van der Waals surface area contributed by atoms with E-state index in [1.807, 2.05) is 29.7 Å². The molecule has 0 fully saturated rings. The van der Waals surface area contributed by atoms with Crippen molar-refractivity contribution in [2.24, 2.45) is 0 Å². The van der Waals surface area contributed by atoms with E-state index in [-0.39, 0.29) is 5.88 Å². The van der Waals surface area contributed by atoms with Gasteiger partial charge in [-0.05, 0) is 19.1 Å². The second-order valence-corrected chi connectivity index (χ2v) is 4.73. The maximum atomic E-state index is 9.14. The number of hydrogen-bond acceptors (Lipinski definition) is 4. The second kappa shape index (κ2) is 4.99. The average molecular weight is 287 g/mol. The predicted octanol–water partition coefficient (Wildman–Crippen LogP) is 2.99. The molecule has 0 saturated heterocycles. The fraction of sp³-hybridized carbons (Fsp3) is 0.214. The number of halogens is 1. The lowest BCUT2D eigenvalue weighted by molar-refractivity contribution is 0.389. The summed E-state index contributed by atoms with van der Waals surface area (Å²) in [4.78, 5) is 4.46. The summed E-state index contributed by atoms with van der Waals surface area (Å²) in [6.07, 6.45) is 0. The van der Waals surface area contributed by atoms with E-state index >= 15 is 0 Å². The first-order chi connectivity index (χ1) is 9.72. The summed E-state index contributed by atoms with van der Waals surface area (Å²) in [5.41, 5.74) is 2.89. The molecule has 0 aliphatic rings. The van der Waals surface area contributed by atoms with Crippen LogP contribution in [-0.2, 0) is 12.4 Å². The summed E-state index contributed by atoms with van der Waals surface area (Å²) in [5, 5.41) is 13.1. The van der Waals surface area contributed by atoms with Crippen LogP contribution < -0.4 is 0 Å². The first kappa shape index (κ1) is 12.7. The van der Waals surface area contributed by atoms with Crippen molar-refractivity contribution >= 4 is 22.6 Å². The normalized spacial score (nSPS) is 10.8. The topological polar surface area (TPSA) is 67.6 Å². The van der Waals surface area contributed by atoms with Crippen LogP contribution in [0.3, 0.4) is 0 Å². The number of fused-ring (bicyclic) bond motifs is 1. The van der Waals surface area contributed by atoms with Crippen LogP contribution in [0, 0.1) is 18.3 Å². The third-order valence-corrected chi connectivity index (χ3v) is 3.33. The molecular weight excluding hydrogens is 276 g/mol. The van der Waals surface area contributed by atoms with Crippen LogP contribution in [-0.4, -0.2) is 14.7 Å². The Labute approximate surface area is 120 Å². The van der Waals surface area contributed by atoms with E-state index in [0.717, 1.165) is 17.0 Å². The minimum atomic E-state index is 0.274. The Balaban J connectivity index is 2.16. The Morgan fingerprint density at radius 1 is 1.45 bits per heavy atom. The SMILES string of the molecule is Cc1cc(Cn2c(CCl)nc3c(C#N)cccc32)no1. The third kappa shape index (κ3) is 2.04. The molecule has 1 aromatic carbocycles. The zero-order valence-corrected chi connectivity index (χ0v) is 11.6. The largest absolute Gasteiger partial charge is 0.361 e. The number of alkyl halides is 1. The number of hydrogen-bond donors (Lipinski definition) is 0. The first-order valence-electron chi connectivity index (χ1n) is 6.09. The molecule has 0 unspecified atom stereocenters. The lowest BCUT2D eigenvalue weighted by atomic mass is 10.2. The highest BCUT2D eigenvalue weighted by atomic mass is 35.5. The summed E-state index contributed by atoms with van der Waals surface area (Å²) in [6, 6.07) is 9.53. The molecule has 0 N–H and O–H groups in total. The molecule has 0 spiro atoms. The van der Waals surface area contributed by atoms with Crippen molar-refractivity contribution in [3.63, 3.8) is 0 Å². The van der Waals surface area contributed by atoms with Crippen molar-refractivity contribution < 1.29 is 4.52 Å². The maximum Gasteiger partial charge on any atom is 0.133 e. The van der Waals surface area contributed by atoms with Gasteiger partial charge < -0.3 is 9.09 Å². The van der Waals surface area contributed by atoms with E-state index in [1.165, 1.54) is 0 Å². The number of benzene rings is 1. The number of para-hydroxylation sites is 1. The molecule has 3 aromatic rings. The summed E-state index contributed by atoms with van der Waals surface area (Å²) in [5.74, 6) is 1.75. The number of nitriles is 1. The fourth-order valence-corrected chi connectivity index (χ4v) is 2.42. The van der Waals surface area contributed by atoms with Crippen molar-refractivity contribution in [2.45, 2.75) is 19.3 Å². The molecule has 0 aliphatic carbocycles. The average Bonchev–Trinajstić information content (AvgIpc) is 3.03. The molecule has 0 amide bonds. The van der Waals surface area contributed by atoms with Crippen molar-refractivity contribution in [3.8, 4) is 6.07 Å². The quantitative estimate of drug-likeness (QED) is 0.694. The Kier molecular flexibility index (Phi) is 3.17. The van der Waals surface area contributed by atoms with Gasteiger partial charge in [-0.15, -0.1) is 11.6 Å². The molecule has 2 aromatic heterocycles. The molecule has 0 bridgehead atoms. The Bertz CT molecular complexity index is 812. The van der Waals surface area contributed by atoms with E-state index in [4.69, 9.17) is 21.4 Å². The molecular formula is C14H11ClN4O. The van der Waals surface area contributed by atoms with E-state index < -0.39 is 0 Å². The van der Waals surface area contributed by atoms with Crippen molar-refractivity contribution in [1.29, 1.82) is 5.26 Å². The zero-order valence-electron chi connectivity index (χ0n) is 10.8. The van der Waals surface area contributed by atoms with Gasteiger partial charge in [0.15, 0.2) is 0 Å². The van der Waals surface area contributed by atoms with Crippen LogP contribution in [0.25, 0.3) is 11.0 Å². The number of aryl methyl sites for hydroxylation is 1. The summed E-state index contributed by atoms with van der Waals surface area (Å²) in [6.45, 7) is 2.36. The van der Waals surface area contributed by atoms with E-state index in [1.54, 1.807) is 6.07 Å². The van der Waals surface area contributed by atoms with Gasteiger partial charge in [-0.1, -0.05) is 11.2 Å². The van der Waals surface area contributed by atoms with Crippen molar-refractivity contribution in [1.82, 2.24) is 14.7 Å². The van der Waals surface area contributed by atoms with Crippen molar-refractivity contribution in [3.05, 3.63) is 47.1 Å². The molecule has 0 atom stereocenters. The zero-order chi connectivity index (χ0) is 14.1. The highest BCUT2D eigenvalue weighted by Gasteiger charge is 2.14. The second-order valence-electron chi connectivity index (χ2n) is 4.46.